The number of hydrogen-bond acceptors (Lipinski definition) is 4. The fraction of sp³-hybridized carbons (Fsp3) is 0.417. The van der Waals surface area contributed by atoms with Crippen molar-refractivity contribution in [3.63, 3.8) is 0 Å². The van der Waals surface area contributed by atoms with E-state index >= 15 is 0 Å². The molecule has 4 nitrogen and oxygen atoms in total. The SMILES string of the molecule is CN(CCS)CCc1ccc2[nH]c(=O)oc2c1. The van der Waals surface area contributed by atoms with Crippen LogP contribution in [0.5, 0.6) is 0 Å². The van der Waals surface area contributed by atoms with Crippen molar-refractivity contribution >= 4 is 23.7 Å². The van der Waals surface area contributed by atoms with Gasteiger partial charge in [-0.3, -0.25) is 4.98 Å². The molecule has 0 saturated heterocycles. The topological polar surface area (TPSA) is 49.2 Å². The molecule has 17 heavy (non-hydrogen) atoms. The summed E-state index contributed by atoms with van der Waals surface area (Å²) in [5.74, 6) is 0.465. The lowest BCUT2D eigenvalue weighted by molar-refractivity contribution is 0.361. The molecule has 0 radical (unpaired) electrons. The van der Waals surface area contributed by atoms with E-state index in [9.17, 15) is 4.79 Å². The second-order valence-electron chi connectivity index (χ2n) is 4.12. The van der Waals surface area contributed by atoms with Gasteiger partial charge in [0.25, 0.3) is 0 Å². The van der Waals surface area contributed by atoms with Gasteiger partial charge in [-0.1, -0.05) is 6.07 Å². The fourth-order valence-corrected chi connectivity index (χ4v) is 2.09. The molecule has 1 aromatic carbocycles. The minimum atomic E-state index is -0.399. The standard InChI is InChI=1S/C12H16N2O2S/c1-14(6-7-17)5-4-9-2-3-10-11(8-9)16-12(15)13-10/h2-3,8,17H,4-7H2,1H3,(H,13,15). The van der Waals surface area contributed by atoms with Crippen molar-refractivity contribution in [3.05, 3.63) is 34.3 Å². The number of nitrogens with one attached hydrogen (secondary N) is 1. The number of H-pyrrole nitrogens is 1. The molecule has 2 rings (SSSR count). The highest BCUT2D eigenvalue weighted by molar-refractivity contribution is 7.80. The van der Waals surface area contributed by atoms with E-state index in [0.717, 1.165) is 30.8 Å². The summed E-state index contributed by atoms with van der Waals surface area (Å²) in [6.45, 7) is 1.95. The van der Waals surface area contributed by atoms with E-state index in [1.165, 1.54) is 5.56 Å². The zero-order valence-corrected chi connectivity index (χ0v) is 10.7. The van der Waals surface area contributed by atoms with Crippen LogP contribution in [0, 0.1) is 0 Å². The van der Waals surface area contributed by atoms with Crippen LogP contribution in [0.1, 0.15) is 5.56 Å². The lowest BCUT2D eigenvalue weighted by Crippen LogP contribution is -2.23. The van der Waals surface area contributed by atoms with Crippen LogP contribution in [0.4, 0.5) is 0 Å². The van der Waals surface area contributed by atoms with Gasteiger partial charge in [-0.05, 0) is 31.2 Å². The summed E-state index contributed by atoms with van der Waals surface area (Å²) < 4.78 is 5.03. The molecule has 92 valence electrons. The largest absolute Gasteiger partial charge is 0.417 e. The Morgan fingerprint density at radius 1 is 1.41 bits per heavy atom. The van der Waals surface area contributed by atoms with Gasteiger partial charge in [0.2, 0.25) is 0 Å². The van der Waals surface area contributed by atoms with Gasteiger partial charge >= 0.3 is 5.76 Å². The van der Waals surface area contributed by atoms with Gasteiger partial charge in [0.1, 0.15) is 0 Å². The summed E-state index contributed by atoms with van der Waals surface area (Å²) in [5, 5.41) is 0. The first-order valence-corrected chi connectivity index (χ1v) is 6.23. The normalized spacial score (nSPS) is 11.5. The molecule has 5 heteroatoms. The summed E-state index contributed by atoms with van der Waals surface area (Å²) in [6.07, 6.45) is 0.940. The number of aromatic amines is 1. The molecule has 0 bridgehead atoms. The second kappa shape index (κ2) is 5.42. The van der Waals surface area contributed by atoms with Crippen molar-refractivity contribution in [3.8, 4) is 0 Å². The molecule has 0 spiro atoms. The predicted octanol–water partition coefficient (Wildman–Crippen LogP) is 1.53. The molecular formula is C12H16N2O2S. The lowest BCUT2D eigenvalue weighted by atomic mass is 10.1. The highest BCUT2D eigenvalue weighted by atomic mass is 32.1. The molecule has 0 amide bonds. The summed E-state index contributed by atoms with van der Waals surface area (Å²) in [5.41, 5.74) is 2.55. The fourth-order valence-electron chi connectivity index (χ4n) is 1.75. The Balaban J connectivity index is 2.06. The van der Waals surface area contributed by atoms with E-state index in [0.29, 0.717) is 5.58 Å². The van der Waals surface area contributed by atoms with E-state index in [1.54, 1.807) is 0 Å². The zero-order chi connectivity index (χ0) is 12.3. The number of likely N-dealkylation sites (N-methyl/N-ethyl adjacent to an activating group) is 1. The zero-order valence-electron chi connectivity index (χ0n) is 9.77. The smallest absolute Gasteiger partial charge is 0.408 e. The predicted molar refractivity (Wildman–Crippen MR) is 71.9 cm³/mol. The summed E-state index contributed by atoms with van der Waals surface area (Å²) in [4.78, 5) is 15.9. The molecule has 1 aromatic heterocycles. The Morgan fingerprint density at radius 2 is 2.24 bits per heavy atom. The van der Waals surface area contributed by atoms with Gasteiger partial charge in [-0.25, -0.2) is 4.79 Å². The first-order valence-electron chi connectivity index (χ1n) is 5.60. The Labute approximate surface area is 105 Å². The van der Waals surface area contributed by atoms with Gasteiger partial charge in [0, 0.05) is 18.8 Å². The van der Waals surface area contributed by atoms with Crippen molar-refractivity contribution in [2.24, 2.45) is 0 Å². The molecule has 1 heterocycles. The third-order valence-corrected chi connectivity index (χ3v) is 2.95. The first kappa shape index (κ1) is 12.3. The number of fused-ring (bicyclic) bond motifs is 1. The minimum absolute atomic E-state index is 0.399. The van der Waals surface area contributed by atoms with Crippen LogP contribution in [0.2, 0.25) is 0 Å². The van der Waals surface area contributed by atoms with Crippen LogP contribution in [-0.4, -0.2) is 35.8 Å². The van der Waals surface area contributed by atoms with Crippen LogP contribution in [-0.2, 0) is 6.42 Å². The van der Waals surface area contributed by atoms with E-state index in [4.69, 9.17) is 4.42 Å². The highest BCUT2D eigenvalue weighted by Crippen LogP contribution is 2.12. The van der Waals surface area contributed by atoms with Crippen LogP contribution in [0.15, 0.2) is 27.4 Å². The Hall–Kier alpha value is -1.20. The molecule has 1 N–H and O–H groups in total. The van der Waals surface area contributed by atoms with Crippen molar-refractivity contribution in [2.75, 3.05) is 25.9 Å². The summed E-state index contributed by atoms with van der Waals surface area (Å²) in [6, 6.07) is 5.82. The van der Waals surface area contributed by atoms with Crippen LogP contribution in [0.3, 0.4) is 0 Å². The molecule has 0 atom stereocenters. The average Bonchev–Trinajstić information content (AvgIpc) is 2.66. The maximum atomic E-state index is 11.0. The number of rotatable bonds is 5. The Morgan fingerprint density at radius 3 is 3.00 bits per heavy atom. The maximum Gasteiger partial charge on any atom is 0.417 e. The van der Waals surface area contributed by atoms with E-state index in [1.807, 2.05) is 18.2 Å². The molecule has 0 saturated carbocycles. The molecule has 0 fully saturated rings. The van der Waals surface area contributed by atoms with Crippen molar-refractivity contribution in [1.29, 1.82) is 0 Å². The monoisotopic (exact) mass is 252 g/mol. The van der Waals surface area contributed by atoms with E-state index in [-0.39, 0.29) is 0 Å². The van der Waals surface area contributed by atoms with Crippen molar-refractivity contribution < 1.29 is 4.42 Å². The molecule has 0 aliphatic carbocycles. The Kier molecular flexibility index (Phi) is 3.91. The lowest BCUT2D eigenvalue weighted by Gasteiger charge is -2.14. The minimum Gasteiger partial charge on any atom is -0.408 e. The first-order chi connectivity index (χ1) is 8.19. The summed E-state index contributed by atoms with van der Waals surface area (Å²) in [7, 11) is 2.07. The average molecular weight is 252 g/mol. The Bertz CT molecular complexity index is 547. The van der Waals surface area contributed by atoms with Crippen LogP contribution >= 0.6 is 12.6 Å². The van der Waals surface area contributed by atoms with E-state index in [2.05, 4.69) is 29.6 Å². The third-order valence-electron chi connectivity index (χ3n) is 2.75. The third kappa shape index (κ3) is 3.14. The van der Waals surface area contributed by atoms with E-state index < -0.39 is 5.76 Å². The number of nitrogens with zero attached hydrogens (tertiary/aromatic N) is 1. The number of thiol groups is 1. The van der Waals surface area contributed by atoms with Gasteiger partial charge < -0.3 is 9.32 Å². The maximum absolute atomic E-state index is 11.0. The molecule has 0 unspecified atom stereocenters. The second-order valence-corrected chi connectivity index (χ2v) is 4.57. The molecule has 2 aromatic rings. The quantitative estimate of drug-likeness (QED) is 0.793. The number of benzene rings is 1. The van der Waals surface area contributed by atoms with Gasteiger partial charge in [0.15, 0.2) is 5.58 Å². The highest BCUT2D eigenvalue weighted by Gasteiger charge is 2.03. The van der Waals surface area contributed by atoms with Crippen molar-refractivity contribution in [1.82, 2.24) is 9.88 Å². The van der Waals surface area contributed by atoms with Crippen LogP contribution in [0.25, 0.3) is 11.1 Å². The van der Waals surface area contributed by atoms with Crippen LogP contribution < -0.4 is 5.76 Å². The molecular weight excluding hydrogens is 236 g/mol. The number of oxazole rings is 1. The number of hydrogen-bond donors (Lipinski definition) is 2. The molecule has 0 aliphatic rings. The van der Waals surface area contributed by atoms with Gasteiger partial charge in [-0.15, -0.1) is 0 Å². The summed E-state index contributed by atoms with van der Waals surface area (Å²) >= 11 is 4.20. The van der Waals surface area contributed by atoms with Gasteiger partial charge in [-0.2, -0.15) is 12.6 Å². The molecule has 0 aliphatic heterocycles. The van der Waals surface area contributed by atoms with Gasteiger partial charge in [0.05, 0.1) is 5.52 Å². The van der Waals surface area contributed by atoms with Crippen molar-refractivity contribution in [2.45, 2.75) is 6.42 Å². The number of aromatic nitrogens is 1.